The van der Waals surface area contributed by atoms with Gasteiger partial charge in [0, 0.05) is 12.1 Å². The minimum atomic E-state index is -0.515. The van der Waals surface area contributed by atoms with Gasteiger partial charge in [0.1, 0.15) is 17.3 Å². The first-order chi connectivity index (χ1) is 13.9. The second-order valence-electron chi connectivity index (χ2n) is 6.80. The minimum absolute atomic E-state index is 0.181. The van der Waals surface area contributed by atoms with Crippen LogP contribution in [0.1, 0.15) is 40.2 Å². The molecule has 0 aliphatic carbocycles. The lowest BCUT2D eigenvalue weighted by Crippen LogP contribution is -2.17. The lowest BCUT2D eigenvalue weighted by atomic mass is 10.1. The average molecular weight is 414 g/mol. The molecular weight excluding hydrogens is 390 g/mol. The minimum Gasteiger partial charge on any atom is -0.496 e. The highest BCUT2D eigenvalue weighted by atomic mass is 35.5. The summed E-state index contributed by atoms with van der Waals surface area (Å²) in [6.07, 6.45) is 0. The molecule has 6 heteroatoms. The van der Waals surface area contributed by atoms with Gasteiger partial charge < -0.3 is 19.2 Å². The Balaban J connectivity index is 1.78. The number of furan rings is 1. The number of carbonyl (C=O) groups excluding carboxylic acids is 1. The molecule has 2 aromatic carbocycles. The van der Waals surface area contributed by atoms with E-state index in [-0.39, 0.29) is 16.6 Å². The van der Waals surface area contributed by atoms with E-state index in [1.165, 1.54) is 18.2 Å². The van der Waals surface area contributed by atoms with E-state index in [2.05, 4.69) is 43.4 Å². The summed E-state index contributed by atoms with van der Waals surface area (Å²) in [5.74, 6) is 1.36. The molecule has 3 rings (SSSR count). The van der Waals surface area contributed by atoms with E-state index in [0.29, 0.717) is 23.6 Å². The molecule has 0 amide bonds. The van der Waals surface area contributed by atoms with Gasteiger partial charge in [-0.3, -0.25) is 0 Å². The van der Waals surface area contributed by atoms with E-state index >= 15 is 0 Å². The molecule has 0 saturated heterocycles. The maximum Gasteiger partial charge on any atom is 0.339 e. The summed E-state index contributed by atoms with van der Waals surface area (Å²) in [5.41, 5.74) is 3.34. The van der Waals surface area contributed by atoms with Crippen LogP contribution < -0.4 is 10.1 Å². The van der Waals surface area contributed by atoms with Gasteiger partial charge in [-0.15, -0.1) is 0 Å². The smallest absolute Gasteiger partial charge is 0.339 e. The number of hydrogen-bond donors (Lipinski definition) is 1. The van der Waals surface area contributed by atoms with Gasteiger partial charge in [-0.25, -0.2) is 4.79 Å². The molecule has 3 aromatic rings. The first-order valence-electron chi connectivity index (χ1n) is 9.27. The van der Waals surface area contributed by atoms with Gasteiger partial charge in [0.05, 0.1) is 36.9 Å². The lowest BCUT2D eigenvalue weighted by Gasteiger charge is -2.13. The fourth-order valence-electron chi connectivity index (χ4n) is 3.03. The molecule has 0 aliphatic rings. The van der Waals surface area contributed by atoms with Crippen molar-refractivity contribution in [2.75, 3.05) is 14.2 Å². The van der Waals surface area contributed by atoms with Crippen LogP contribution in [0, 0.1) is 6.92 Å². The SMILES string of the molecule is COC(=O)c1cc(-c2ccc(CNC(C)c3ccc(C)cc3)o2)c(OC)cc1Cl. The number of methoxy groups -OCH3 is 2. The summed E-state index contributed by atoms with van der Waals surface area (Å²) in [4.78, 5) is 12.0. The molecule has 1 atom stereocenters. The molecule has 5 nitrogen and oxygen atoms in total. The molecule has 0 saturated carbocycles. The van der Waals surface area contributed by atoms with Crippen molar-refractivity contribution in [1.29, 1.82) is 0 Å². The van der Waals surface area contributed by atoms with Crippen molar-refractivity contribution >= 4 is 17.6 Å². The summed E-state index contributed by atoms with van der Waals surface area (Å²) in [7, 11) is 2.86. The second-order valence-corrected chi connectivity index (χ2v) is 7.21. The second kappa shape index (κ2) is 9.16. The third kappa shape index (κ3) is 4.81. The first-order valence-corrected chi connectivity index (χ1v) is 9.65. The Hall–Kier alpha value is -2.76. The number of esters is 1. The zero-order chi connectivity index (χ0) is 21.0. The summed E-state index contributed by atoms with van der Waals surface area (Å²) < 4.78 is 16.2. The van der Waals surface area contributed by atoms with Crippen molar-refractivity contribution < 1.29 is 18.7 Å². The van der Waals surface area contributed by atoms with E-state index in [1.54, 1.807) is 19.2 Å². The maximum atomic E-state index is 12.0. The zero-order valence-corrected chi connectivity index (χ0v) is 17.7. The molecular formula is C23H24ClNO4. The average Bonchev–Trinajstić information content (AvgIpc) is 3.20. The third-order valence-electron chi connectivity index (χ3n) is 4.78. The molecule has 1 unspecified atom stereocenters. The van der Waals surface area contributed by atoms with Crippen LogP contribution in [-0.4, -0.2) is 20.2 Å². The van der Waals surface area contributed by atoms with Crippen LogP contribution in [0.25, 0.3) is 11.3 Å². The molecule has 29 heavy (non-hydrogen) atoms. The molecule has 1 N–H and O–H groups in total. The normalized spacial score (nSPS) is 11.9. The van der Waals surface area contributed by atoms with Crippen LogP contribution in [0.5, 0.6) is 5.75 Å². The van der Waals surface area contributed by atoms with E-state index in [1.807, 2.05) is 12.1 Å². The molecule has 0 bridgehead atoms. The summed E-state index contributed by atoms with van der Waals surface area (Å²) in [5, 5.41) is 3.72. The van der Waals surface area contributed by atoms with E-state index in [0.717, 1.165) is 5.76 Å². The standard InChI is InChI=1S/C23H24ClNO4/c1-14-5-7-16(8-6-14)15(2)25-13-17-9-10-21(29-17)19-11-18(23(26)28-4)20(24)12-22(19)27-3/h5-12,15,25H,13H2,1-4H3. The fraction of sp³-hybridized carbons (Fsp3) is 0.261. The largest absolute Gasteiger partial charge is 0.496 e. The van der Waals surface area contributed by atoms with Crippen LogP contribution in [0.4, 0.5) is 0 Å². The Morgan fingerprint density at radius 1 is 1.14 bits per heavy atom. The molecule has 0 fully saturated rings. The lowest BCUT2D eigenvalue weighted by molar-refractivity contribution is 0.0601. The van der Waals surface area contributed by atoms with Gasteiger partial charge in [-0.1, -0.05) is 41.4 Å². The van der Waals surface area contributed by atoms with Gasteiger partial charge in [0.25, 0.3) is 0 Å². The Bertz CT molecular complexity index is 995. The van der Waals surface area contributed by atoms with Crippen molar-refractivity contribution in [1.82, 2.24) is 5.32 Å². The number of hydrogen-bond acceptors (Lipinski definition) is 5. The maximum absolute atomic E-state index is 12.0. The van der Waals surface area contributed by atoms with Gasteiger partial charge in [0.15, 0.2) is 0 Å². The fourth-order valence-corrected chi connectivity index (χ4v) is 3.26. The Morgan fingerprint density at radius 3 is 2.52 bits per heavy atom. The van der Waals surface area contributed by atoms with Crippen molar-refractivity contribution in [2.24, 2.45) is 0 Å². The van der Waals surface area contributed by atoms with E-state index < -0.39 is 5.97 Å². The van der Waals surface area contributed by atoms with Crippen LogP contribution in [0.2, 0.25) is 5.02 Å². The number of ether oxygens (including phenoxy) is 2. The predicted molar refractivity (Wildman–Crippen MR) is 113 cm³/mol. The van der Waals surface area contributed by atoms with Gasteiger partial charge >= 0.3 is 5.97 Å². The number of aryl methyl sites for hydroxylation is 1. The number of rotatable bonds is 7. The van der Waals surface area contributed by atoms with Crippen molar-refractivity contribution in [3.8, 4) is 17.1 Å². The number of halogens is 1. The highest BCUT2D eigenvalue weighted by Crippen LogP contribution is 2.36. The molecule has 152 valence electrons. The first kappa shape index (κ1) is 21.0. The topological polar surface area (TPSA) is 60.7 Å². The van der Waals surface area contributed by atoms with Gasteiger partial charge in [-0.05, 0) is 37.6 Å². The van der Waals surface area contributed by atoms with Gasteiger partial charge in [0.2, 0.25) is 0 Å². The number of nitrogens with one attached hydrogen (secondary N) is 1. The molecule has 1 aromatic heterocycles. The van der Waals surface area contributed by atoms with Crippen LogP contribution in [-0.2, 0) is 11.3 Å². The van der Waals surface area contributed by atoms with Crippen LogP contribution >= 0.6 is 11.6 Å². The predicted octanol–water partition coefficient (Wildman–Crippen LogP) is 5.55. The zero-order valence-electron chi connectivity index (χ0n) is 16.9. The molecule has 0 radical (unpaired) electrons. The number of carbonyl (C=O) groups is 1. The summed E-state index contributed by atoms with van der Waals surface area (Å²) >= 11 is 6.18. The monoisotopic (exact) mass is 413 g/mol. The Morgan fingerprint density at radius 2 is 1.86 bits per heavy atom. The Kier molecular flexibility index (Phi) is 6.62. The van der Waals surface area contributed by atoms with E-state index in [4.69, 9.17) is 25.5 Å². The van der Waals surface area contributed by atoms with Crippen molar-refractivity contribution in [2.45, 2.75) is 26.4 Å². The van der Waals surface area contributed by atoms with E-state index in [9.17, 15) is 4.79 Å². The Labute approximate surface area is 175 Å². The quantitative estimate of drug-likeness (QED) is 0.514. The molecule has 0 spiro atoms. The number of benzene rings is 2. The van der Waals surface area contributed by atoms with Crippen LogP contribution in [0.3, 0.4) is 0 Å². The summed E-state index contributed by atoms with van der Waals surface area (Å²) in [6.45, 7) is 4.75. The molecule has 0 aliphatic heterocycles. The highest BCUT2D eigenvalue weighted by molar-refractivity contribution is 6.34. The van der Waals surface area contributed by atoms with Crippen LogP contribution in [0.15, 0.2) is 52.9 Å². The third-order valence-corrected chi connectivity index (χ3v) is 5.09. The van der Waals surface area contributed by atoms with Crippen molar-refractivity contribution in [3.63, 3.8) is 0 Å². The summed E-state index contributed by atoms with van der Waals surface area (Å²) in [6, 6.07) is 15.6. The van der Waals surface area contributed by atoms with Crippen molar-refractivity contribution in [3.05, 3.63) is 76.0 Å². The molecule has 1 heterocycles. The van der Waals surface area contributed by atoms with Gasteiger partial charge in [-0.2, -0.15) is 0 Å². The highest BCUT2D eigenvalue weighted by Gasteiger charge is 2.19.